The summed E-state index contributed by atoms with van der Waals surface area (Å²) < 4.78 is 17.9. The van der Waals surface area contributed by atoms with Crippen LogP contribution in [0.3, 0.4) is 0 Å². The Hall–Kier alpha value is -3.29. The van der Waals surface area contributed by atoms with Gasteiger partial charge in [-0.1, -0.05) is 20.3 Å². The SMILES string of the molecule is CCC(OC(=O)OC1CCCCC1)OC(=O)C1=C(c2cn3cnc(C(=O)CO)c3s2)[C@H](C)[C@@H]2[C@@H]([C@@H](C)O)C(=O)N12. The lowest BCUT2D eigenvalue weighted by Gasteiger charge is -2.46. The van der Waals surface area contributed by atoms with Gasteiger partial charge in [0.1, 0.15) is 35.3 Å². The molecule has 5 rings (SSSR count). The molecule has 1 saturated heterocycles. The highest BCUT2D eigenvalue weighted by Crippen LogP contribution is 2.52. The van der Waals surface area contributed by atoms with Crippen molar-refractivity contribution in [1.82, 2.24) is 14.3 Å². The van der Waals surface area contributed by atoms with Crippen molar-refractivity contribution in [3.63, 3.8) is 0 Å². The topological polar surface area (TPSA) is 157 Å². The minimum atomic E-state index is -1.23. The van der Waals surface area contributed by atoms with Crippen LogP contribution in [0.25, 0.3) is 10.4 Å². The molecule has 13 heteroatoms. The molecular weight excluding hydrogens is 542 g/mol. The third-order valence-electron chi connectivity index (χ3n) is 7.86. The molecule has 4 heterocycles. The summed E-state index contributed by atoms with van der Waals surface area (Å²) in [6.07, 6.45) is 4.59. The zero-order valence-corrected chi connectivity index (χ0v) is 23.4. The third-order valence-corrected chi connectivity index (χ3v) is 9.01. The molecule has 40 heavy (non-hydrogen) atoms. The summed E-state index contributed by atoms with van der Waals surface area (Å²) >= 11 is 1.19. The van der Waals surface area contributed by atoms with Gasteiger partial charge in [0.05, 0.1) is 22.9 Å². The maximum absolute atomic E-state index is 13.6. The molecule has 1 unspecified atom stereocenters. The first-order chi connectivity index (χ1) is 19.2. The number of carbonyl (C=O) groups is 4. The fraction of sp³-hybridized carbons (Fsp3) is 0.593. The summed E-state index contributed by atoms with van der Waals surface area (Å²) in [5.41, 5.74) is 0.628. The molecule has 2 fully saturated rings. The molecule has 0 bridgehead atoms. The first-order valence-corrected chi connectivity index (χ1v) is 14.4. The van der Waals surface area contributed by atoms with Gasteiger partial charge in [-0.15, -0.1) is 11.3 Å². The summed E-state index contributed by atoms with van der Waals surface area (Å²) in [6.45, 7) is 4.39. The van der Waals surface area contributed by atoms with E-state index in [9.17, 15) is 29.4 Å². The Kier molecular flexibility index (Phi) is 7.98. The first-order valence-electron chi connectivity index (χ1n) is 13.6. The molecule has 3 aliphatic rings. The van der Waals surface area contributed by atoms with E-state index in [4.69, 9.17) is 14.2 Å². The maximum Gasteiger partial charge on any atom is 0.511 e. The normalized spacial score (nSPS) is 24.5. The number of fused-ring (bicyclic) bond motifs is 2. The molecule has 2 aliphatic heterocycles. The second-order valence-electron chi connectivity index (χ2n) is 10.5. The van der Waals surface area contributed by atoms with Crippen LogP contribution in [0.1, 0.15) is 74.7 Å². The summed E-state index contributed by atoms with van der Waals surface area (Å²) in [4.78, 5) is 57.8. The highest BCUT2D eigenvalue weighted by atomic mass is 32.1. The second-order valence-corrected chi connectivity index (χ2v) is 11.5. The number of nitrogens with zero attached hydrogens (tertiary/aromatic N) is 3. The maximum atomic E-state index is 13.6. The van der Waals surface area contributed by atoms with Crippen molar-refractivity contribution < 1.29 is 43.6 Å². The van der Waals surface area contributed by atoms with Gasteiger partial charge in [-0.3, -0.25) is 14.0 Å². The number of esters is 1. The van der Waals surface area contributed by atoms with Crippen molar-refractivity contribution in [2.24, 2.45) is 11.8 Å². The molecule has 216 valence electrons. The third kappa shape index (κ3) is 4.90. The van der Waals surface area contributed by atoms with Gasteiger partial charge in [0.25, 0.3) is 6.29 Å². The van der Waals surface area contributed by atoms with E-state index in [0.29, 0.717) is 15.3 Å². The van der Waals surface area contributed by atoms with Gasteiger partial charge in [0.15, 0.2) is 0 Å². The Labute approximate surface area is 234 Å². The van der Waals surface area contributed by atoms with Crippen molar-refractivity contribution in [2.45, 2.75) is 83.8 Å². The molecule has 2 N–H and O–H groups in total. The second kappa shape index (κ2) is 11.3. The average molecular weight is 576 g/mol. The van der Waals surface area contributed by atoms with Gasteiger partial charge in [-0.2, -0.15) is 0 Å². The molecule has 5 atom stereocenters. The minimum absolute atomic E-state index is 0.00888. The van der Waals surface area contributed by atoms with E-state index in [0.717, 1.165) is 32.1 Å². The van der Waals surface area contributed by atoms with Gasteiger partial charge in [-0.05, 0) is 32.6 Å². The van der Waals surface area contributed by atoms with Crippen LogP contribution in [0.15, 0.2) is 18.2 Å². The summed E-state index contributed by atoms with van der Waals surface area (Å²) in [7, 11) is 0. The zero-order chi connectivity index (χ0) is 28.7. The van der Waals surface area contributed by atoms with Crippen LogP contribution in [0.2, 0.25) is 0 Å². The van der Waals surface area contributed by atoms with Crippen LogP contribution < -0.4 is 0 Å². The van der Waals surface area contributed by atoms with Gasteiger partial charge >= 0.3 is 12.1 Å². The number of hydrogen-bond donors (Lipinski definition) is 2. The van der Waals surface area contributed by atoms with Crippen molar-refractivity contribution in [3.8, 4) is 0 Å². The molecular formula is C27H33N3O9S. The molecule has 0 spiro atoms. The Balaban J connectivity index is 1.44. The number of ether oxygens (including phenoxy) is 3. The van der Waals surface area contributed by atoms with E-state index < -0.39 is 54.8 Å². The molecule has 0 radical (unpaired) electrons. The number of aromatic nitrogens is 2. The van der Waals surface area contributed by atoms with Crippen LogP contribution in [-0.4, -0.2) is 79.5 Å². The number of aliphatic hydroxyl groups excluding tert-OH is 2. The smallest absolute Gasteiger partial charge is 0.431 e. The van der Waals surface area contributed by atoms with Gasteiger partial charge in [0.2, 0.25) is 11.7 Å². The number of β-lactam (4-membered cyclic amide) rings is 1. The van der Waals surface area contributed by atoms with Crippen molar-refractivity contribution in [3.05, 3.63) is 28.8 Å². The van der Waals surface area contributed by atoms with E-state index in [-0.39, 0.29) is 29.8 Å². The fourth-order valence-corrected chi connectivity index (χ4v) is 7.13. The summed E-state index contributed by atoms with van der Waals surface area (Å²) in [5, 5.41) is 19.6. The molecule has 1 saturated carbocycles. The fourth-order valence-electron chi connectivity index (χ4n) is 5.89. The largest absolute Gasteiger partial charge is 0.511 e. The molecule has 2 aromatic rings. The van der Waals surface area contributed by atoms with Gasteiger partial charge in [0, 0.05) is 24.1 Å². The van der Waals surface area contributed by atoms with Crippen LogP contribution >= 0.6 is 11.3 Å². The van der Waals surface area contributed by atoms with Crippen molar-refractivity contribution in [2.75, 3.05) is 6.61 Å². The lowest BCUT2D eigenvalue weighted by atomic mass is 9.77. The number of imidazole rings is 1. The van der Waals surface area contributed by atoms with Crippen LogP contribution in [0.4, 0.5) is 4.79 Å². The van der Waals surface area contributed by atoms with E-state index in [1.54, 1.807) is 17.5 Å². The van der Waals surface area contributed by atoms with Crippen LogP contribution in [0.5, 0.6) is 0 Å². The highest BCUT2D eigenvalue weighted by molar-refractivity contribution is 7.18. The van der Waals surface area contributed by atoms with Crippen molar-refractivity contribution in [1.29, 1.82) is 0 Å². The van der Waals surface area contributed by atoms with Gasteiger partial charge < -0.3 is 29.3 Å². The number of ketones is 1. The lowest BCUT2D eigenvalue weighted by Crippen LogP contribution is -2.63. The van der Waals surface area contributed by atoms with E-state index in [2.05, 4.69) is 4.98 Å². The number of aliphatic hydroxyl groups is 2. The molecule has 12 nitrogen and oxygen atoms in total. The first kappa shape index (κ1) is 28.2. The standard InChI is InChI=1S/C27H33N3O9S/c1-4-18(39-27(36)37-15-8-6-5-7-9-15)38-26(35)23-19(13(2)22-20(14(3)32)24(34)30(22)23)17-10-29-12-28-21(16(33)11-31)25(29)40-17/h10,12-15,18,20,22,31-32H,4-9,11H2,1-3H3/t13-,14+,18?,20+,22+/m0/s1. The quantitative estimate of drug-likeness (QED) is 0.197. The highest BCUT2D eigenvalue weighted by Gasteiger charge is 2.60. The average Bonchev–Trinajstić information content (AvgIpc) is 3.57. The summed E-state index contributed by atoms with van der Waals surface area (Å²) in [5.74, 6) is -2.84. The zero-order valence-electron chi connectivity index (χ0n) is 22.6. The number of carbonyl (C=O) groups excluding carboxylic acids is 4. The summed E-state index contributed by atoms with van der Waals surface area (Å²) in [6, 6.07) is -0.472. The molecule has 1 amide bonds. The number of hydrogen-bond acceptors (Lipinski definition) is 11. The van der Waals surface area contributed by atoms with Gasteiger partial charge in [-0.25, -0.2) is 14.6 Å². The number of Topliss-reactive ketones (excluding diaryl/α,β-unsaturated/α-hetero) is 1. The van der Waals surface area contributed by atoms with E-state index in [1.165, 1.54) is 29.5 Å². The minimum Gasteiger partial charge on any atom is -0.431 e. The monoisotopic (exact) mass is 575 g/mol. The predicted octanol–water partition coefficient (Wildman–Crippen LogP) is 2.90. The molecule has 2 aromatic heterocycles. The van der Waals surface area contributed by atoms with E-state index >= 15 is 0 Å². The van der Waals surface area contributed by atoms with Crippen LogP contribution in [-0.2, 0) is 23.8 Å². The molecule has 1 aliphatic carbocycles. The van der Waals surface area contributed by atoms with E-state index in [1.807, 2.05) is 6.92 Å². The Bertz CT molecular complexity index is 1360. The number of thiazole rings is 1. The Morgan fingerprint density at radius 1 is 1.20 bits per heavy atom. The predicted molar refractivity (Wildman–Crippen MR) is 141 cm³/mol. The van der Waals surface area contributed by atoms with Crippen LogP contribution in [0, 0.1) is 11.8 Å². The van der Waals surface area contributed by atoms with Crippen molar-refractivity contribution >= 4 is 45.6 Å². The Morgan fingerprint density at radius 3 is 2.58 bits per heavy atom. The Morgan fingerprint density at radius 2 is 1.93 bits per heavy atom. The molecule has 0 aromatic carbocycles. The number of amides is 1. The lowest BCUT2D eigenvalue weighted by molar-refractivity contribution is -0.176. The number of rotatable bonds is 9.